The van der Waals surface area contributed by atoms with Crippen LogP contribution in [0.25, 0.3) is 32.3 Å². The molecule has 0 fully saturated rings. The summed E-state index contributed by atoms with van der Waals surface area (Å²) in [6.07, 6.45) is 0. The first-order chi connectivity index (χ1) is 23.2. The molecule has 0 aromatic heterocycles. The second-order valence-electron chi connectivity index (χ2n) is 11.6. The molecule has 0 aliphatic carbocycles. The van der Waals surface area contributed by atoms with Gasteiger partial charge in [-0.05, 0) is 105 Å². The van der Waals surface area contributed by atoms with E-state index in [2.05, 4.69) is 0 Å². The fourth-order valence-electron chi connectivity index (χ4n) is 6.47. The summed E-state index contributed by atoms with van der Waals surface area (Å²) in [5.74, 6) is 2.67. The normalized spacial score (nSPS) is 15.6. The van der Waals surface area contributed by atoms with Gasteiger partial charge in [0.2, 0.25) is 0 Å². The summed E-state index contributed by atoms with van der Waals surface area (Å²) in [5.41, 5.74) is 4.62. The lowest BCUT2D eigenvalue weighted by Crippen LogP contribution is -2.03. The zero-order chi connectivity index (χ0) is 32.6. The predicted molar refractivity (Wildman–Crippen MR) is 201 cm³/mol. The molecule has 10 rings (SSSR count). The van der Waals surface area contributed by atoms with Gasteiger partial charge in [0.1, 0.15) is 0 Å². The molecule has 4 heterocycles. The van der Waals surface area contributed by atoms with Gasteiger partial charge in [-0.2, -0.15) is 0 Å². The number of aliphatic imine (C=N–C) groups is 6. The van der Waals surface area contributed by atoms with E-state index in [0.717, 1.165) is 65.7 Å². The molecule has 228 valence electrons. The van der Waals surface area contributed by atoms with Crippen LogP contribution in [0.5, 0.6) is 0 Å². The highest BCUT2D eigenvalue weighted by molar-refractivity contribution is 6.45. The molecule has 0 amide bonds. The fraction of sp³-hybridized carbons (Fsp3) is 0. The van der Waals surface area contributed by atoms with Crippen molar-refractivity contribution in [2.45, 2.75) is 0 Å². The van der Waals surface area contributed by atoms with Crippen molar-refractivity contribution in [2.75, 3.05) is 0 Å². The van der Waals surface area contributed by atoms with Gasteiger partial charge in [0.15, 0.2) is 35.0 Å². The zero-order valence-corrected chi connectivity index (χ0v) is 28.4. The minimum atomic E-state index is 0.445. The van der Waals surface area contributed by atoms with Crippen LogP contribution < -0.4 is 0 Å². The van der Waals surface area contributed by atoms with Gasteiger partial charge in [-0.1, -0.05) is 69.6 Å². The zero-order valence-electron chi connectivity index (χ0n) is 23.9. The van der Waals surface area contributed by atoms with Crippen LogP contribution in [0, 0.1) is 0 Å². The topological polar surface area (TPSA) is 74.2 Å². The maximum absolute atomic E-state index is 6.41. The summed E-state index contributed by atoms with van der Waals surface area (Å²) in [6, 6.07) is 22.9. The average molecular weight is 741 g/mol. The molecule has 12 heteroatoms. The van der Waals surface area contributed by atoms with Crippen LogP contribution in [0.1, 0.15) is 33.4 Å². The highest BCUT2D eigenvalue weighted by atomic mass is 35.5. The first-order valence-electron chi connectivity index (χ1n) is 14.5. The van der Waals surface area contributed by atoms with Gasteiger partial charge in [-0.3, -0.25) is 0 Å². The van der Waals surface area contributed by atoms with Gasteiger partial charge >= 0.3 is 0 Å². The van der Waals surface area contributed by atoms with Crippen LogP contribution in [0.15, 0.2) is 103 Å². The molecule has 48 heavy (non-hydrogen) atoms. The first kappa shape index (κ1) is 28.8. The quantitative estimate of drug-likeness (QED) is 0.149. The van der Waals surface area contributed by atoms with Crippen LogP contribution in [0.3, 0.4) is 0 Å². The van der Waals surface area contributed by atoms with Crippen LogP contribution in [0.2, 0.25) is 30.1 Å². The summed E-state index contributed by atoms with van der Waals surface area (Å²) < 4.78 is 0. The van der Waals surface area contributed by atoms with Gasteiger partial charge in [0.25, 0.3) is 0 Å². The maximum Gasteiger partial charge on any atom is 0.164 e. The molecule has 0 spiro atoms. The summed E-state index contributed by atoms with van der Waals surface area (Å²) in [6.45, 7) is 0. The molecule has 0 saturated heterocycles. The minimum Gasteiger partial charge on any atom is -0.208 e. The van der Waals surface area contributed by atoms with Gasteiger partial charge < -0.3 is 0 Å². The van der Waals surface area contributed by atoms with Crippen LogP contribution in [-0.2, 0) is 0 Å². The Kier molecular flexibility index (Phi) is 6.12. The van der Waals surface area contributed by atoms with Gasteiger partial charge in [0, 0.05) is 33.4 Å². The van der Waals surface area contributed by atoms with Crippen molar-refractivity contribution in [3.05, 3.63) is 136 Å². The van der Waals surface area contributed by atoms with E-state index in [9.17, 15) is 0 Å². The van der Waals surface area contributed by atoms with E-state index in [0.29, 0.717) is 65.1 Å². The molecule has 0 radical (unpaired) electrons. The Hall–Kier alpha value is -4.14. The molecule has 0 N–H and O–H groups in total. The van der Waals surface area contributed by atoms with E-state index < -0.39 is 0 Å². The van der Waals surface area contributed by atoms with Crippen LogP contribution >= 0.6 is 69.6 Å². The van der Waals surface area contributed by atoms with E-state index in [-0.39, 0.29) is 0 Å². The Labute approximate surface area is 301 Å². The number of nitrogens with zero attached hydrogens (tertiary/aromatic N) is 6. The lowest BCUT2D eigenvalue weighted by molar-refractivity contribution is 1.49. The molecular weight excluding hydrogens is 729 g/mol. The summed E-state index contributed by atoms with van der Waals surface area (Å²) in [7, 11) is 0. The van der Waals surface area contributed by atoms with E-state index in [1.54, 1.807) is 0 Å². The summed E-state index contributed by atoms with van der Waals surface area (Å²) in [4.78, 5) is 30.0. The summed E-state index contributed by atoms with van der Waals surface area (Å²) >= 11 is 38.5. The Balaban J connectivity index is 1.29. The van der Waals surface area contributed by atoms with E-state index in [1.807, 2.05) is 72.8 Å². The van der Waals surface area contributed by atoms with E-state index in [4.69, 9.17) is 99.6 Å². The highest BCUT2D eigenvalue weighted by Gasteiger charge is 2.32. The lowest BCUT2D eigenvalue weighted by Gasteiger charge is -2.07. The number of hydrogen-bond acceptors (Lipinski definition) is 6. The fourth-order valence-corrected chi connectivity index (χ4v) is 7.50. The molecule has 0 atom stereocenters. The van der Waals surface area contributed by atoms with Crippen molar-refractivity contribution in [3.8, 4) is 0 Å². The van der Waals surface area contributed by atoms with E-state index in [1.165, 1.54) is 0 Å². The predicted octanol–water partition coefficient (Wildman–Crippen LogP) is 11.0. The monoisotopic (exact) mass is 738 g/mol. The molecule has 0 saturated carbocycles. The van der Waals surface area contributed by atoms with Crippen molar-refractivity contribution in [1.29, 1.82) is 0 Å². The number of hydrogen-bond donors (Lipinski definition) is 0. The highest BCUT2D eigenvalue weighted by Crippen LogP contribution is 2.37. The molecule has 6 bridgehead atoms. The van der Waals surface area contributed by atoms with Crippen molar-refractivity contribution in [1.82, 2.24) is 0 Å². The first-order valence-corrected chi connectivity index (χ1v) is 16.8. The number of halogens is 6. The molecule has 6 aromatic rings. The number of fused-ring (bicyclic) bond motifs is 15. The second-order valence-corrected chi connectivity index (χ2v) is 14.1. The largest absolute Gasteiger partial charge is 0.208 e. The van der Waals surface area contributed by atoms with Gasteiger partial charge in [-0.15, -0.1) is 0 Å². The summed E-state index contributed by atoms with van der Waals surface area (Å²) in [5, 5.41) is 7.99. The minimum absolute atomic E-state index is 0.445. The Morgan fingerprint density at radius 2 is 0.375 bits per heavy atom. The van der Waals surface area contributed by atoms with Gasteiger partial charge in [-0.25, -0.2) is 30.0 Å². The van der Waals surface area contributed by atoms with Crippen molar-refractivity contribution >= 4 is 137 Å². The van der Waals surface area contributed by atoms with E-state index >= 15 is 0 Å². The molecular formula is C36H12Cl6N6. The standard InChI is InChI=1S/C36H12Cl6N6/c37-25-7-13-1-19-20(2-14(13)8-26(25)38)32-43-31(19)46-33-21-3-15-9-27(39)28(40)10-16(15)4-22(21)35(44-33)48-36-24-6-18-12-30(42)29(41)11-17(18)5-23(24)34(45-36)47-32/h1-12H. The molecule has 4 aliphatic heterocycles. The average Bonchev–Trinajstić information content (AvgIpc) is 3.67. The van der Waals surface area contributed by atoms with Crippen molar-refractivity contribution < 1.29 is 0 Å². The molecule has 4 aliphatic rings. The molecule has 6 nitrogen and oxygen atoms in total. The number of amidine groups is 6. The third kappa shape index (κ3) is 4.27. The molecule has 6 aromatic carbocycles. The third-order valence-corrected chi connectivity index (χ3v) is 10.9. The van der Waals surface area contributed by atoms with Gasteiger partial charge in [0.05, 0.1) is 30.1 Å². The number of rotatable bonds is 0. The van der Waals surface area contributed by atoms with Crippen molar-refractivity contribution in [3.63, 3.8) is 0 Å². The second kappa shape index (κ2) is 10.2. The Morgan fingerprint density at radius 1 is 0.229 bits per heavy atom. The van der Waals surface area contributed by atoms with Crippen LogP contribution in [0.4, 0.5) is 0 Å². The SMILES string of the molecule is Clc1cc2cc3c(cc2cc1Cl)C1=NC2=NC(=NC4=NC(=NC3=N1)c1cc3cc(Cl)c(Cl)cc3cc14)c1cc3cc(Cl)c(Cl)cc3cc12. The third-order valence-electron chi connectivity index (χ3n) is 8.76. The Bertz CT molecular complexity index is 2480. The number of benzene rings is 6. The molecule has 0 unspecified atom stereocenters. The Morgan fingerprint density at radius 3 is 0.521 bits per heavy atom. The smallest absolute Gasteiger partial charge is 0.164 e. The maximum atomic E-state index is 6.41. The van der Waals surface area contributed by atoms with Crippen LogP contribution in [-0.4, -0.2) is 35.0 Å². The lowest BCUT2D eigenvalue weighted by atomic mass is 10.0. The van der Waals surface area contributed by atoms with Crippen molar-refractivity contribution in [2.24, 2.45) is 30.0 Å².